The number of urea groups is 1. The van der Waals surface area contributed by atoms with Gasteiger partial charge in [-0.3, -0.25) is 0 Å². The van der Waals surface area contributed by atoms with E-state index in [-0.39, 0.29) is 12.1 Å². The van der Waals surface area contributed by atoms with E-state index in [1.165, 1.54) is 11.5 Å². The first-order chi connectivity index (χ1) is 7.72. The molecule has 2 amide bonds. The predicted octanol–water partition coefficient (Wildman–Crippen LogP) is 1.17. The number of hydrogen-bond donors (Lipinski definition) is 2. The van der Waals surface area contributed by atoms with Crippen LogP contribution in [0.4, 0.5) is 4.79 Å². The lowest BCUT2D eigenvalue weighted by molar-refractivity contribution is 0.171. The summed E-state index contributed by atoms with van der Waals surface area (Å²) in [4.78, 5) is 11.5. The summed E-state index contributed by atoms with van der Waals surface area (Å²) in [6.45, 7) is 3.22. The van der Waals surface area contributed by atoms with Crippen molar-refractivity contribution in [1.82, 2.24) is 10.6 Å². The van der Waals surface area contributed by atoms with E-state index in [0.717, 1.165) is 12.3 Å². The quantitative estimate of drug-likeness (QED) is 0.782. The number of carbonyl (C=O) groups excluding carboxylic acids is 1. The van der Waals surface area contributed by atoms with Gasteiger partial charge in [0.05, 0.1) is 12.6 Å². The number of rotatable bonds is 5. The van der Waals surface area contributed by atoms with Crippen LogP contribution in [0.5, 0.6) is 0 Å². The van der Waals surface area contributed by atoms with Crippen LogP contribution in [-0.4, -0.2) is 54.8 Å². The molecule has 0 aromatic carbocycles. The zero-order chi connectivity index (χ0) is 11.8. The number of ether oxygens (including phenoxy) is 1. The SMILES string of the molecule is COCC(C)NC(=O)NCC1CSCCS1. The van der Waals surface area contributed by atoms with Crippen molar-refractivity contribution in [3.8, 4) is 0 Å². The number of methoxy groups -OCH3 is 1. The molecule has 2 atom stereocenters. The van der Waals surface area contributed by atoms with Gasteiger partial charge in [0.15, 0.2) is 0 Å². The highest BCUT2D eigenvalue weighted by Gasteiger charge is 2.15. The van der Waals surface area contributed by atoms with Gasteiger partial charge in [-0.05, 0) is 6.92 Å². The lowest BCUT2D eigenvalue weighted by Gasteiger charge is -2.21. The van der Waals surface area contributed by atoms with E-state index in [4.69, 9.17) is 4.74 Å². The molecule has 0 aliphatic carbocycles. The molecule has 1 fully saturated rings. The summed E-state index contributed by atoms with van der Waals surface area (Å²) in [5, 5.41) is 6.29. The summed E-state index contributed by atoms with van der Waals surface area (Å²) in [5.41, 5.74) is 0. The van der Waals surface area contributed by atoms with Crippen molar-refractivity contribution in [3.05, 3.63) is 0 Å². The minimum absolute atomic E-state index is 0.0541. The van der Waals surface area contributed by atoms with Crippen molar-refractivity contribution in [1.29, 1.82) is 0 Å². The van der Waals surface area contributed by atoms with Crippen LogP contribution in [-0.2, 0) is 4.74 Å². The second kappa shape index (κ2) is 8.08. The van der Waals surface area contributed by atoms with Crippen LogP contribution >= 0.6 is 23.5 Å². The predicted molar refractivity (Wildman–Crippen MR) is 71.4 cm³/mol. The average molecular weight is 264 g/mol. The second-order valence-electron chi connectivity index (χ2n) is 3.78. The summed E-state index contributed by atoms with van der Waals surface area (Å²) >= 11 is 3.91. The Kier molecular flexibility index (Phi) is 7.07. The Bertz CT molecular complexity index is 211. The van der Waals surface area contributed by atoms with Crippen LogP contribution in [0.25, 0.3) is 0 Å². The topological polar surface area (TPSA) is 50.4 Å². The Balaban J connectivity index is 2.09. The van der Waals surface area contributed by atoms with E-state index in [1.807, 2.05) is 30.4 Å². The van der Waals surface area contributed by atoms with E-state index in [2.05, 4.69) is 10.6 Å². The smallest absolute Gasteiger partial charge is 0.315 e. The third-order valence-electron chi connectivity index (χ3n) is 2.17. The van der Waals surface area contributed by atoms with Crippen LogP contribution in [0, 0.1) is 0 Å². The third-order valence-corrected chi connectivity index (χ3v) is 5.01. The molecule has 0 aromatic rings. The molecule has 1 aliphatic heterocycles. The summed E-state index contributed by atoms with van der Waals surface area (Å²) in [7, 11) is 1.63. The Morgan fingerprint density at radius 3 is 3.00 bits per heavy atom. The van der Waals surface area contributed by atoms with Crippen LogP contribution in [0.2, 0.25) is 0 Å². The molecule has 16 heavy (non-hydrogen) atoms. The van der Waals surface area contributed by atoms with E-state index in [9.17, 15) is 4.79 Å². The van der Waals surface area contributed by atoms with E-state index < -0.39 is 0 Å². The van der Waals surface area contributed by atoms with Gasteiger partial charge >= 0.3 is 6.03 Å². The highest BCUT2D eigenvalue weighted by Crippen LogP contribution is 2.23. The standard InChI is InChI=1S/C10H20N2O2S2/c1-8(6-14-2)12-10(13)11-5-9-7-15-3-4-16-9/h8-9H,3-7H2,1-2H3,(H2,11,12,13). The highest BCUT2D eigenvalue weighted by atomic mass is 32.2. The molecule has 1 rings (SSSR count). The number of hydrogen-bond acceptors (Lipinski definition) is 4. The van der Waals surface area contributed by atoms with Gasteiger partial charge in [0.2, 0.25) is 0 Å². The molecule has 2 N–H and O–H groups in total. The fourth-order valence-electron chi connectivity index (χ4n) is 1.43. The van der Waals surface area contributed by atoms with Crippen LogP contribution < -0.4 is 10.6 Å². The first kappa shape index (κ1) is 14.0. The average Bonchev–Trinajstić information content (AvgIpc) is 2.28. The fourth-order valence-corrected chi connectivity index (χ4v) is 4.04. The lowest BCUT2D eigenvalue weighted by atomic mass is 10.4. The zero-order valence-electron chi connectivity index (χ0n) is 9.82. The fraction of sp³-hybridized carbons (Fsp3) is 0.900. The molecular weight excluding hydrogens is 244 g/mol. The molecule has 0 spiro atoms. The molecule has 0 aromatic heterocycles. The number of nitrogens with one attached hydrogen (secondary N) is 2. The molecular formula is C10H20N2O2S2. The van der Waals surface area contributed by atoms with Crippen molar-refractivity contribution >= 4 is 29.6 Å². The van der Waals surface area contributed by atoms with E-state index in [0.29, 0.717) is 11.9 Å². The Morgan fingerprint density at radius 1 is 1.56 bits per heavy atom. The summed E-state index contributed by atoms with van der Waals surface area (Å²) in [6.07, 6.45) is 0. The molecule has 0 bridgehead atoms. The maximum absolute atomic E-state index is 11.5. The minimum atomic E-state index is -0.0966. The molecule has 1 aliphatic rings. The zero-order valence-corrected chi connectivity index (χ0v) is 11.5. The second-order valence-corrected chi connectivity index (χ2v) is 6.34. The largest absolute Gasteiger partial charge is 0.383 e. The molecule has 0 saturated carbocycles. The van der Waals surface area contributed by atoms with Gasteiger partial charge in [-0.15, -0.1) is 0 Å². The van der Waals surface area contributed by atoms with Gasteiger partial charge in [0.25, 0.3) is 0 Å². The summed E-state index contributed by atoms with van der Waals surface area (Å²) in [5.74, 6) is 3.56. The molecule has 1 heterocycles. The lowest BCUT2D eigenvalue weighted by Crippen LogP contribution is -2.45. The van der Waals surface area contributed by atoms with Crippen molar-refractivity contribution in [2.45, 2.75) is 18.2 Å². The van der Waals surface area contributed by atoms with Gasteiger partial charge in [-0.2, -0.15) is 23.5 Å². The molecule has 4 nitrogen and oxygen atoms in total. The van der Waals surface area contributed by atoms with Crippen molar-refractivity contribution in [2.24, 2.45) is 0 Å². The third kappa shape index (κ3) is 5.86. The van der Waals surface area contributed by atoms with E-state index >= 15 is 0 Å². The summed E-state index contributed by atoms with van der Waals surface area (Å²) in [6, 6.07) is -0.0425. The Labute approximate surface area is 106 Å². The minimum Gasteiger partial charge on any atom is -0.383 e. The first-order valence-corrected chi connectivity index (χ1v) is 7.65. The van der Waals surface area contributed by atoms with Gasteiger partial charge in [-0.1, -0.05) is 0 Å². The normalized spacial score (nSPS) is 22.5. The molecule has 6 heteroatoms. The molecule has 1 saturated heterocycles. The van der Waals surface area contributed by atoms with E-state index in [1.54, 1.807) is 7.11 Å². The maximum Gasteiger partial charge on any atom is 0.315 e. The monoisotopic (exact) mass is 264 g/mol. The Hall–Kier alpha value is -0.0700. The number of amides is 2. The number of thioether (sulfide) groups is 2. The van der Waals surface area contributed by atoms with Gasteiger partial charge in [0.1, 0.15) is 0 Å². The van der Waals surface area contributed by atoms with Crippen LogP contribution in [0.1, 0.15) is 6.92 Å². The van der Waals surface area contributed by atoms with Crippen LogP contribution in [0.15, 0.2) is 0 Å². The number of carbonyl (C=O) groups is 1. The molecule has 94 valence electrons. The van der Waals surface area contributed by atoms with Crippen molar-refractivity contribution in [2.75, 3.05) is 37.5 Å². The van der Waals surface area contributed by atoms with Crippen LogP contribution in [0.3, 0.4) is 0 Å². The highest BCUT2D eigenvalue weighted by molar-refractivity contribution is 8.06. The maximum atomic E-state index is 11.5. The van der Waals surface area contributed by atoms with Gasteiger partial charge < -0.3 is 15.4 Å². The van der Waals surface area contributed by atoms with Gasteiger partial charge in [0, 0.05) is 36.2 Å². The summed E-state index contributed by atoms with van der Waals surface area (Å²) < 4.78 is 4.95. The Morgan fingerprint density at radius 2 is 2.38 bits per heavy atom. The molecule has 0 radical (unpaired) electrons. The molecule has 2 unspecified atom stereocenters. The van der Waals surface area contributed by atoms with Crippen molar-refractivity contribution in [3.63, 3.8) is 0 Å². The van der Waals surface area contributed by atoms with Crippen molar-refractivity contribution < 1.29 is 9.53 Å². The first-order valence-electron chi connectivity index (χ1n) is 5.45. The van der Waals surface area contributed by atoms with Gasteiger partial charge in [-0.25, -0.2) is 4.79 Å².